The van der Waals surface area contributed by atoms with Crippen molar-refractivity contribution in [2.24, 2.45) is 0 Å². The smallest absolute Gasteiger partial charge is 0.160 e. The van der Waals surface area contributed by atoms with Crippen LogP contribution in [0.2, 0.25) is 0 Å². The first kappa shape index (κ1) is 15.5. The zero-order chi connectivity index (χ0) is 17.7. The van der Waals surface area contributed by atoms with Crippen LogP contribution in [0.4, 0.5) is 0 Å². The second-order valence-electron chi connectivity index (χ2n) is 6.35. The normalized spacial score (nSPS) is 12.2. The molecule has 0 spiro atoms. The molecule has 1 aromatic carbocycles. The average molecular weight is 407 g/mol. The highest BCUT2D eigenvalue weighted by Gasteiger charge is 2.24. The molecular formula is C19H15BrN6. The molecule has 6 nitrogen and oxygen atoms in total. The Morgan fingerprint density at radius 3 is 2.85 bits per heavy atom. The van der Waals surface area contributed by atoms with Gasteiger partial charge >= 0.3 is 0 Å². The van der Waals surface area contributed by atoms with Gasteiger partial charge in [-0.15, -0.1) is 0 Å². The van der Waals surface area contributed by atoms with Crippen molar-refractivity contribution in [3.63, 3.8) is 0 Å². The first-order valence-electron chi connectivity index (χ1n) is 8.35. The van der Waals surface area contributed by atoms with Gasteiger partial charge in [0.05, 0.1) is 29.9 Å². The Kier molecular flexibility index (Phi) is 3.49. The summed E-state index contributed by atoms with van der Waals surface area (Å²) in [5.41, 5.74) is 5.41. The van der Waals surface area contributed by atoms with Gasteiger partial charge in [-0.25, -0.2) is 14.6 Å². The number of pyridine rings is 1. The Morgan fingerprint density at radius 2 is 2.00 bits per heavy atom. The highest BCUT2D eigenvalue weighted by Crippen LogP contribution is 2.33. The third kappa shape index (κ3) is 2.47. The molecule has 0 saturated heterocycles. The van der Waals surface area contributed by atoms with Crippen LogP contribution in [-0.4, -0.2) is 29.3 Å². The van der Waals surface area contributed by atoms with Crippen molar-refractivity contribution in [2.45, 2.75) is 19.9 Å². The first-order chi connectivity index (χ1) is 12.7. The minimum absolute atomic E-state index is 0.650. The SMILES string of the molecule is Cc1ncn2c1Cn1nc(Cc3ccncc3)nc1-c1cc(Br)ccc1-2. The molecule has 4 heterocycles. The first-order valence-corrected chi connectivity index (χ1v) is 9.14. The van der Waals surface area contributed by atoms with Gasteiger partial charge in [0.25, 0.3) is 0 Å². The number of rotatable bonds is 2. The average Bonchev–Trinajstić information content (AvgIpc) is 3.17. The summed E-state index contributed by atoms with van der Waals surface area (Å²) in [5.74, 6) is 1.69. The van der Waals surface area contributed by atoms with Crippen molar-refractivity contribution in [1.82, 2.24) is 29.3 Å². The van der Waals surface area contributed by atoms with Crippen molar-refractivity contribution in [1.29, 1.82) is 0 Å². The largest absolute Gasteiger partial charge is 0.300 e. The number of fused-ring (bicyclic) bond motifs is 5. The van der Waals surface area contributed by atoms with E-state index in [0.717, 1.165) is 44.3 Å². The molecular weight excluding hydrogens is 392 g/mol. The van der Waals surface area contributed by atoms with Crippen LogP contribution in [0.15, 0.2) is 53.5 Å². The van der Waals surface area contributed by atoms with Crippen LogP contribution in [0, 0.1) is 6.92 Å². The quantitative estimate of drug-likeness (QED) is 0.449. The number of halogens is 1. The molecule has 4 aromatic rings. The van der Waals surface area contributed by atoms with E-state index in [-0.39, 0.29) is 0 Å². The molecule has 0 radical (unpaired) electrons. The van der Waals surface area contributed by atoms with Gasteiger partial charge in [0.1, 0.15) is 0 Å². The molecule has 3 aromatic heterocycles. The molecule has 0 atom stereocenters. The molecule has 1 aliphatic rings. The second kappa shape index (κ2) is 5.88. The lowest BCUT2D eigenvalue weighted by molar-refractivity contribution is 0.664. The monoisotopic (exact) mass is 406 g/mol. The molecule has 0 unspecified atom stereocenters. The summed E-state index contributed by atoms with van der Waals surface area (Å²) in [6.07, 6.45) is 6.15. The third-order valence-electron chi connectivity index (χ3n) is 4.66. The number of hydrogen-bond donors (Lipinski definition) is 0. The summed E-state index contributed by atoms with van der Waals surface area (Å²) in [7, 11) is 0. The van der Waals surface area contributed by atoms with E-state index < -0.39 is 0 Å². The lowest BCUT2D eigenvalue weighted by Gasteiger charge is -2.08. The fourth-order valence-corrected chi connectivity index (χ4v) is 3.72. The van der Waals surface area contributed by atoms with Crippen LogP contribution in [0.25, 0.3) is 17.1 Å². The highest BCUT2D eigenvalue weighted by molar-refractivity contribution is 9.10. The topological polar surface area (TPSA) is 61.4 Å². The Balaban J connectivity index is 1.68. The lowest BCUT2D eigenvalue weighted by Crippen LogP contribution is -2.06. The lowest BCUT2D eigenvalue weighted by atomic mass is 10.1. The maximum Gasteiger partial charge on any atom is 0.160 e. The van der Waals surface area contributed by atoms with Crippen molar-refractivity contribution in [2.75, 3.05) is 0 Å². The Hall–Kier alpha value is -2.80. The minimum atomic E-state index is 0.650. The van der Waals surface area contributed by atoms with Gasteiger partial charge in [0, 0.05) is 28.9 Å². The van der Waals surface area contributed by atoms with Crippen molar-refractivity contribution < 1.29 is 0 Å². The van der Waals surface area contributed by atoms with Gasteiger partial charge in [-0.1, -0.05) is 15.9 Å². The van der Waals surface area contributed by atoms with Gasteiger partial charge < -0.3 is 4.57 Å². The molecule has 128 valence electrons. The number of benzene rings is 1. The van der Waals surface area contributed by atoms with Gasteiger partial charge in [-0.2, -0.15) is 5.10 Å². The van der Waals surface area contributed by atoms with E-state index in [2.05, 4.69) is 42.6 Å². The van der Waals surface area contributed by atoms with E-state index >= 15 is 0 Å². The summed E-state index contributed by atoms with van der Waals surface area (Å²) in [5, 5.41) is 4.78. The molecule has 7 heteroatoms. The summed E-state index contributed by atoms with van der Waals surface area (Å²) in [6, 6.07) is 10.2. The van der Waals surface area contributed by atoms with Crippen molar-refractivity contribution in [3.05, 3.63) is 76.3 Å². The van der Waals surface area contributed by atoms with E-state index in [0.29, 0.717) is 13.0 Å². The van der Waals surface area contributed by atoms with Crippen LogP contribution < -0.4 is 0 Å². The van der Waals surface area contributed by atoms with Crippen LogP contribution in [0.1, 0.15) is 22.8 Å². The maximum atomic E-state index is 4.86. The Labute approximate surface area is 158 Å². The van der Waals surface area contributed by atoms with E-state index in [1.165, 1.54) is 0 Å². The fraction of sp³-hybridized carbons (Fsp3) is 0.158. The van der Waals surface area contributed by atoms with Crippen LogP contribution in [0.5, 0.6) is 0 Å². The number of aryl methyl sites for hydroxylation is 1. The predicted molar refractivity (Wildman–Crippen MR) is 101 cm³/mol. The van der Waals surface area contributed by atoms with Crippen LogP contribution >= 0.6 is 15.9 Å². The van der Waals surface area contributed by atoms with E-state index in [1.807, 2.05) is 36.1 Å². The summed E-state index contributed by atoms with van der Waals surface area (Å²) >= 11 is 3.58. The second-order valence-corrected chi connectivity index (χ2v) is 7.27. The maximum absolute atomic E-state index is 4.86. The molecule has 0 amide bonds. The predicted octanol–water partition coefficient (Wildman–Crippen LogP) is 3.55. The molecule has 0 bridgehead atoms. The zero-order valence-corrected chi connectivity index (χ0v) is 15.7. The van der Waals surface area contributed by atoms with Gasteiger partial charge in [-0.3, -0.25) is 4.98 Å². The van der Waals surface area contributed by atoms with Crippen molar-refractivity contribution >= 4 is 15.9 Å². The van der Waals surface area contributed by atoms with Gasteiger partial charge in [0.15, 0.2) is 11.6 Å². The number of nitrogens with zero attached hydrogens (tertiary/aromatic N) is 6. The third-order valence-corrected chi connectivity index (χ3v) is 5.15. The Morgan fingerprint density at radius 1 is 1.15 bits per heavy atom. The van der Waals surface area contributed by atoms with Crippen LogP contribution in [0.3, 0.4) is 0 Å². The summed E-state index contributed by atoms with van der Waals surface area (Å²) in [4.78, 5) is 13.4. The molecule has 0 fully saturated rings. The number of aromatic nitrogens is 6. The highest BCUT2D eigenvalue weighted by atomic mass is 79.9. The molecule has 5 rings (SSSR count). The Bertz CT molecular complexity index is 1110. The van der Waals surface area contributed by atoms with Crippen molar-refractivity contribution in [3.8, 4) is 17.1 Å². The molecule has 0 aliphatic carbocycles. The van der Waals surface area contributed by atoms with Gasteiger partial charge in [0.2, 0.25) is 0 Å². The standard InChI is InChI=1S/C19H15BrN6/c1-12-17-10-26-19(23-18(24-26)8-13-4-6-21-7-5-13)15-9-14(20)2-3-16(15)25(17)11-22-12/h2-7,9,11H,8,10H2,1H3. The molecule has 0 saturated carbocycles. The van der Waals surface area contributed by atoms with Crippen LogP contribution in [-0.2, 0) is 13.0 Å². The molecule has 1 aliphatic heterocycles. The fourth-order valence-electron chi connectivity index (χ4n) is 3.36. The van der Waals surface area contributed by atoms with E-state index in [4.69, 9.17) is 10.1 Å². The molecule has 26 heavy (non-hydrogen) atoms. The van der Waals surface area contributed by atoms with E-state index in [9.17, 15) is 0 Å². The number of hydrogen-bond acceptors (Lipinski definition) is 4. The number of imidazole rings is 1. The zero-order valence-electron chi connectivity index (χ0n) is 14.1. The molecule has 0 N–H and O–H groups in total. The van der Waals surface area contributed by atoms with E-state index in [1.54, 1.807) is 12.4 Å². The summed E-state index contributed by atoms with van der Waals surface area (Å²) in [6.45, 7) is 2.68. The summed E-state index contributed by atoms with van der Waals surface area (Å²) < 4.78 is 5.13. The minimum Gasteiger partial charge on any atom is -0.300 e. The van der Waals surface area contributed by atoms with Gasteiger partial charge in [-0.05, 0) is 42.8 Å².